The molecule has 1 aliphatic heterocycles. The maximum atomic E-state index is 12.9. The Hall–Kier alpha value is -3.70. The van der Waals surface area contributed by atoms with Crippen molar-refractivity contribution in [1.29, 1.82) is 5.26 Å². The minimum absolute atomic E-state index is 0.0332. The highest BCUT2D eigenvalue weighted by Gasteiger charge is 2.26. The number of benzene rings is 1. The molecule has 1 fully saturated rings. The van der Waals surface area contributed by atoms with Crippen molar-refractivity contribution in [3.05, 3.63) is 59.4 Å². The van der Waals surface area contributed by atoms with E-state index in [0.29, 0.717) is 35.1 Å². The zero-order valence-corrected chi connectivity index (χ0v) is 18.5. The van der Waals surface area contributed by atoms with Crippen LogP contribution in [-0.2, 0) is 0 Å². The van der Waals surface area contributed by atoms with Gasteiger partial charge in [0.25, 0.3) is 5.91 Å². The van der Waals surface area contributed by atoms with Crippen molar-refractivity contribution in [2.75, 3.05) is 27.2 Å². The number of rotatable bonds is 4. The molecule has 0 radical (unpaired) electrons. The van der Waals surface area contributed by atoms with Crippen molar-refractivity contribution in [1.82, 2.24) is 24.6 Å². The lowest BCUT2D eigenvalue weighted by molar-refractivity contribution is 0.0634. The first kappa shape index (κ1) is 21.5. The molecule has 32 heavy (non-hydrogen) atoms. The molecule has 1 aliphatic rings. The molecule has 1 N–H and O–H groups in total. The molecule has 8 heteroatoms. The van der Waals surface area contributed by atoms with E-state index in [0.717, 1.165) is 30.5 Å². The summed E-state index contributed by atoms with van der Waals surface area (Å²) in [5.41, 5.74) is 3.29. The maximum Gasteiger partial charge on any atom is 0.255 e. The standard InChI is InChI=1S/C24H26N6O2/c1-16-11-17(12-25)6-8-20(16)21-14-27-30(24(21)32)22-9-7-18(13-26-22)23(31)29-10-4-5-19(15-29)28(2)3/h6-9,11,13-14,19,32H,4-5,10,15H2,1-3H3/t19-/m1/s1. The topological polar surface area (TPSA) is 98.3 Å². The van der Waals surface area contributed by atoms with Crippen LogP contribution in [0.5, 0.6) is 5.88 Å². The van der Waals surface area contributed by atoms with Crippen molar-refractivity contribution in [3.63, 3.8) is 0 Å². The lowest BCUT2D eigenvalue weighted by atomic mass is 10.0. The highest BCUT2D eigenvalue weighted by molar-refractivity contribution is 5.94. The fraction of sp³-hybridized carbons (Fsp3) is 0.333. The summed E-state index contributed by atoms with van der Waals surface area (Å²) in [6.45, 7) is 3.34. The fourth-order valence-corrected chi connectivity index (χ4v) is 4.12. The van der Waals surface area contributed by atoms with E-state index in [9.17, 15) is 9.90 Å². The van der Waals surface area contributed by atoms with Gasteiger partial charge >= 0.3 is 0 Å². The van der Waals surface area contributed by atoms with Gasteiger partial charge in [0.2, 0.25) is 5.88 Å². The number of amides is 1. The predicted octanol–water partition coefficient (Wildman–Crippen LogP) is 2.99. The molecular formula is C24H26N6O2. The maximum absolute atomic E-state index is 12.9. The molecule has 0 saturated carbocycles. The van der Waals surface area contributed by atoms with Gasteiger partial charge in [-0.15, -0.1) is 0 Å². The fourth-order valence-electron chi connectivity index (χ4n) is 4.12. The highest BCUT2D eigenvalue weighted by atomic mass is 16.3. The average Bonchev–Trinajstić information content (AvgIpc) is 3.19. The number of carbonyl (C=O) groups is 1. The van der Waals surface area contributed by atoms with Gasteiger partial charge in [0.05, 0.1) is 29.0 Å². The number of aromatic hydroxyl groups is 1. The van der Waals surface area contributed by atoms with Crippen LogP contribution < -0.4 is 0 Å². The number of aryl methyl sites for hydroxylation is 1. The van der Waals surface area contributed by atoms with Gasteiger partial charge in [-0.2, -0.15) is 15.0 Å². The molecule has 4 rings (SSSR count). The van der Waals surface area contributed by atoms with Crippen molar-refractivity contribution >= 4 is 5.91 Å². The van der Waals surface area contributed by atoms with Crippen LogP contribution in [0, 0.1) is 18.3 Å². The van der Waals surface area contributed by atoms with Gasteiger partial charge in [-0.05, 0) is 69.3 Å². The number of likely N-dealkylation sites (tertiary alicyclic amines) is 1. The van der Waals surface area contributed by atoms with Crippen LogP contribution >= 0.6 is 0 Å². The number of hydrogen-bond donors (Lipinski definition) is 1. The molecule has 0 bridgehead atoms. The second-order valence-electron chi connectivity index (χ2n) is 8.35. The van der Waals surface area contributed by atoms with E-state index in [-0.39, 0.29) is 11.8 Å². The number of piperidine rings is 1. The third-order valence-electron chi connectivity index (χ3n) is 6.02. The van der Waals surface area contributed by atoms with Gasteiger partial charge in [-0.25, -0.2) is 4.98 Å². The predicted molar refractivity (Wildman–Crippen MR) is 121 cm³/mol. The zero-order valence-electron chi connectivity index (χ0n) is 18.5. The summed E-state index contributed by atoms with van der Waals surface area (Å²) in [4.78, 5) is 21.3. The Morgan fingerprint density at radius 3 is 2.69 bits per heavy atom. The van der Waals surface area contributed by atoms with Crippen LogP contribution in [0.25, 0.3) is 16.9 Å². The monoisotopic (exact) mass is 430 g/mol. The number of likely N-dealkylation sites (N-methyl/N-ethyl adjacent to an activating group) is 1. The SMILES string of the molecule is Cc1cc(C#N)ccc1-c1cnn(-c2ccc(C(=O)N3CCC[C@@H](N(C)C)C3)cn2)c1O. The molecule has 1 amide bonds. The van der Waals surface area contributed by atoms with Crippen LogP contribution in [0.4, 0.5) is 0 Å². The summed E-state index contributed by atoms with van der Waals surface area (Å²) in [5.74, 6) is 0.338. The molecule has 2 aromatic heterocycles. The van der Waals surface area contributed by atoms with Crippen LogP contribution in [0.2, 0.25) is 0 Å². The summed E-state index contributed by atoms with van der Waals surface area (Å²) in [5, 5.41) is 24.1. The number of carbonyl (C=O) groups excluding carboxylic acids is 1. The van der Waals surface area contributed by atoms with Crippen LogP contribution in [0.1, 0.15) is 34.3 Å². The smallest absolute Gasteiger partial charge is 0.255 e. The molecule has 1 aromatic carbocycles. The summed E-state index contributed by atoms with van der Waals surface area (Å²) in [6.07, 6.45) is 5.18. The zero-order chi connectivity index (χ0) is 22.8. The van der Waals surface area contributed by atoms with Gasteiger partial charge in [0, 0.05) is 25.3 Å². The largest absolute Gasteiger partial charge is 0.493 e. The molecule has 3 aromatic rings. The molecule has 0 spiro atoms. The third-order valence-corrected chi connectivity index (χ3v) is 6.02. The first-order valence-corrected chi connectivity index (χ1v) is 10.6. The Morgan fingerprint density at radius 1 is 1.22 bits per heavy atom. The van der Waals surface area contributed by atoms with E-state index in [1.54, 1.807) is 36.5 Å². The highest BCUT2D eigenvalue weighted by Crippen LogP contribution is 2.33. The van der Waals surface area contributed by atoms with E-state index < -0.39 is 0 Å². The number of pyridine rings is 1. The Bertz CT molecular complexity index is 1180. The molecule has 164 valence electrons. The second-order valence-corrected chi connectivity index (χ2v) is 8.35. The Balaban J connectivity index is 1.55. The van der Waals surface area contributed by atoms with E-state index in [2.05, 4.69) is 21.1 Å². The van der Waals surface area contributed by atoms with Crippen LogP contribution in [0.15, 0.2) is 42.7 Å². The molecule has 0 aliphatic carbocycles. The van der Waals surface area contributed by atoms with Gasteiger partial charge in [-0.3, -0.25) is 4.79 Å². The molecule has 3 heterocycles. The number of nitrogens with zero attached hydrogens (tertiary/aromatic N) is 6. The molecular weight excluding hydrogens is 404 g/mol. The van der Waals surface area contributed by atoms with Crippen molar-refractivity contribution in [2.24, 2.45) is 0 Å². The minimum Gasteiger partial charge on any atom is -0.493 e. The van der Waals surface area contributed by atoms with Crippen molar-refractivity contribution in [3.8, 4) is 28.9 Å². The van der Waals surface area contributed by atoms with E-state index in [1.807, 2.05) is 25.9 Å². The lowest BCUT2D eigenvalue weighted by Crippen LogP contribution is -2.47. The van der Waals surface area contributed by atoms with E-state index in [1.165, 1.54) is 10.9 Å². The van der Waals surface area contributed by atoms with Crippen molar-refractivity contribution in [2.45, 2.75) is 25.8 Å². The van der Waals surface area contributed by atoms with Crippen LogP contribution in [-0.4, -0.2) is 68.8 Å². The number of nitriles is 1. The first-order valence-electron chi connectivity index (χ1n) is 10.6. The summed E-state index contributed by atoms with van der Waals surface area (Å²) >= 11 is 0. The number of aromatic nitrogens is 3. The van der Waals surface area contributed by atoms with Gasteiger partial charge in [-0.1, -0.05) is 6.07 Å². The lowest BCUT2D eigenvalue weighted by Gasteiger charge is -2.36. The van der Waals surface area contributed by atoms with Gasteiger partial charge < -0.3 is 14.9 Å². The van der Waals surface area contributed by atoms with Crippen LogP contribution in [0.3, 0.4) is 0 Å². The summed E-state index contributed by atoms with van der Waals surface area (Å²) in [7, 11) is 4.08. The quantitative estimate of drug-likeness (QED) is 0.683. The average molecular weight is 431 g/mol. The molecule has 1 atom stereocenters. The van der Waals surface area contributed by atoms with E-state index >= 15 is 0 Å². The number of hydrogen-bond acceptors (Lipinski definition) is 6. The van der Waals surface area contributed by atoms with Crippen molar-refractivity contribution < 1.29 is 9.90 Å². The third kappa shape index (κ3) is 4.07. The Morgan fingerprint density at radius 2 is 2.03 bits per heavy atom. The summed E-state index contributed by atoms with van der Waals surface area (Å²) < 4.78 is 1.34. The summed E-state index contributed by atoms with van der Waals surface area (Å²) in [6, 6.07) is 11.2. The molecule has 1 saturated heterocycles. The van der Waals surface area contributed by atoms with Gasteiger partial charge in [0.15, 0.2) is 5.82 Å². The Kier molecular flexibility index (Phi) is 5.93. The van der Waals surface area contributed by atoms with E-state index in [4.69, 9.17) is 5.26 Å². The minimum atomic E-state index is -0.0470. The second kappa shape index (κ2) is 8.81. The van der Waals surface area contributed by atoms with Gasteiger partial charge in [0.1, 0.15) is 0 Å². The normalized spacial score (nSPS) is 16.2. The first-order chi connectivity index (χ1) is 15.4. The molecule has 0 unspecified atom stereocenters. The molecule has 8 nitrogen and oxygen atoms in total. The Labute approximate surface area is 187 Å².